The second-order valence-electron chi connectivity index (χ2n) is 4.67. The number of unbranched alkanes of at least 4 members (excludes halogenated alkanes) is 2. The van der Waals surface area contributed by atoms with Gasteiger partial charge < -0.3 is 15.3 Å². The third kappa shape index (κ3) is 6.13. The van der Waals surface area contributed by atoms with Crippen molar-refractivity contribution in [3.63, 3.8) is 0 Å². The lowest BCUT2D eigenvalue weighted by atomic mass is 10.1. The molecule has 0 aromatic heterocycles. The summed E-state index contributed by atoms with van der Waals surface area (Å²) in [4.78, 5) is 2.42. The molecule has 0 aromatic carbocycles. The third-order valence-corrected chi connectivity index (χ3v) is 3.22. The van der Waals surface area contributed by atoms with Gasteiger partial charge in [0, 0.05) is 12.6 Å². The Hall–Kier alpha value is -0.120. The van der Waals surface area contributed by atoms with Gasteiger partial charge in [-0.3, -0.25) is 0 Å². The molecular weight excluding hydrogens is 188 g/mol. The molecule has 0 amide bonds. The molecule has 0 aliphatic carbocycles. The van der Waals surface area contributed by atoms with E-state index in [2.05, 4.69) is 17.3 Å². The van der Waals surface area contributed by atoms with Crippen molar-refractivity contribution in [2.45, 2.75) is 44.6 Å². The van der Waals surface area contributed by atoms with Gasteiger partial charge in [-0.25, -0.2) is 0 Å². The van der Waals surface area contributed by atoms with Crippen molar-refractivity contribution in [1.82, 2.24) is 10.2 Å². The summed E-state index contributed by atoms with van der Waals surface area (Å²) >= 11 is 0. The molecule has 1 atom stereocenters. The lowest BCUT2D eigenvalue weighted by Gasteiger charge is -2.16. The smallest absolute Gasteiger partial charge is 0.0431 e. The number of hydrogen-bond acceptors (Lipinski definition) is 3. The van der Waals surface area contributed by atoms with E-state index in [0.717, 1.165) is 25.4 Å². The monoisotopic (exact) mass is 214 g/mol. The Morgan fingerprint density at radius 2 is 2.07 bits per heavy atom. The predicted octanol–water partition coefficient (Wildman–Crippen LogP) is 1.22. The summed E-state index contributed by atoms with van der Waals surface area (Å²) < 4.78 is 0. The summed E-state index contributed by atoms with van der Waals surface area (Å²) in [6.07, 6.45) is 7.24. The quantitative estimate of drug-likeness (QED) is 0.653. The minimum absolute atomic E-state index is 0.341. The summed E-state index contributed by atoms with van der Waals surface area (Å²) in [7, 11) is 2.21. The van der Waals surface area contributed by atoms with E-state index in [-0.39, 0.29) is 0 Å². The normalized spacial score (nSPS) is 24.0. The minimum Gasteiger partial charge on any atom is -0.396 e. The molecule has 1 aliphatic rings. The molecule has 1 heterocycles. The fraction of sp³-hybridized carbons (Fsp3) is 1.00. The fourth-order valence-corrected chi connectivity index (χ4v) is 2.16. The number of aliphatic hydroxyl groups is 1. The Morgan fingerprint density at radius 1 is 1.20 bits per heavy atom. The van der Waals surface area contributed by atoms with Crippen LogP contribution >= 0.6 is 0 Å². The zero-order chi connectivity index (χ0) is 10.9. The highest BCUT2D eigenvalue weighted by Gasteiger charge is 2.13. The highest BCUT2D eigenvalue weighted by Crippen LogP contribution is 2.09. The predicted molar refractivity (Wildman–Crippen MR) is 64.1 cm³/mol. The number of likely N-dealkylation sites (tertiary alicyclic amines) is 1. The largest absolute Gasteiger partial charge is 0.396 e. The molecule has 0 spiro atoms. The van der Waals surface area contributed by atoms with Gasteiger partial charge in [-0.1, -0.05) is 0 Å². The van der Waals surface area contributed by atoms with Crippen molar-refractivity contribution in [2.75, 3.05) is 33.3 Å². The van der Waals surface area contributed by atoms with Crippen molar-refractivity contribution >= 4 is 0 Å². The van der Waals surface area contributed by atoms with Crippen LogP contribution in [0.15, 0.2) is 0 Å². The molecule has 15 heavy (non-hydrogen) atoms. The number of nitrogens with zero attached hydrogens (tertiary/aromatic N) is 1. The molecule has 2 N–H and O–H groups in total. The summed E-state index contributed by atoms with van der Waals surface area (Å²) in [6, 6.07) is 0.726. The molecule has 3 heteroatoms. The van der Waals surface area contributed by atoms with E-state index in [1.54, 1.807) is 0 Å². The van der Waals surface area contributed by atoms with E-state index >= 15 is 0 Å². The second kappa shape index (κ2) is 8.08. The van der Waals surface area contributed by atoms with E-state index < -0.39 is 0 Å². The average molecular weight is 214 g/mol. The Balaban J connectivity index is 2.00. The summed E-state index contributed by atoms with van der Waals surface area (Å²) in [5.41, 5.74) is 0. The summed E-state index contributed by atoms with van der Waals surface area (Å²) in [6.45, 7) is 3.94. The van der Waals surface area contributed by atoms with Crippen molar-refractivity contribution in [1.29, 1.82) is 0 Å². The zero-order valence-electron chi connectivity index (χ0n) is 10.0. The topological polar surface area (TPSA) is 35.5 Å². The van der Waals surface area contributed by atoms with Crippen LogP contribution in [0.2, 0.25) is 0 Å². The van der Waals surface area contributed by atoms with E-state index in [1.165, 1.54) is 38.8 Å². The molecular formula is C12H26N2O. The van der Waals surface area contributed by atoms with Crippen molar-refractivity contribution in [3.05, 3.63) is 0 Å². The molecule has 1 saturated heterocycles. The second-order valence-corrected chi connectivity index (χ2v) is 4.67. The number of rotatable bonds is 6. The van der Waals surface area contributed by atoms with Gasteiger partial charge in [0.2, 0.25) is 0 Å². The Morgan fingerprint density at radius 3 is 2.87 bits per heavy atom. The van der Waals surface area contributed by atoms with Gasteiger partial charge in [-0.15, -0.1) is 0 Å². The zero-order valence-corrected chi connectivity index (χ0v) is 10.0. The van der Waals surface area contributed by atoms with Gasteiger partial charge in [0.05, 0.1) is 0 Å². The highest BCUT2D eigenvalue weighted by molar-refractivity contribution is 4.73. The standard InChI is InChI=1S/C12H26N2O/c1-14-9-5-6-12(7-10-14)13-8-3-2-4-11-15/h12-13,15H,2-11H2,1H3. The molecule has 1 unspecified atom stereocenters. The van der Waals surface area contributed by atoms with Crippen LogP contribution in [0.5, 0.6) is 0 Å². The Kier molecular flexibility index (Phi) is 6.98. The first-order chi connectivity index (χ1) is 7.33. The number of hydrogen-bond donors (Lipinski definition) is 2. The summed E-state index contributed by atoms with van der Waals surface area (Å²) in [5.74, 6) is 0. The van der Waals surface area contributed by atoms with Gasteiger partial charge in [-0.2, -0.15) is 0 Å². The minimum atomic E-state index is 0.341. The van der Waals surface area contributed by atoms with E-state index in [4.69, 9.17) is 5.11 Å². The van der Waals surface area contributed by atoms with Gasteiger partial charge in [0.1, 0.15) is 0 Å². The molecule has 0 bridgehead atoms. The van der Waals surface area contributed by atoms with Crippen LogP contribution in [0.1, 0.15) is 38.5 Å². The average Bonchev–Trinajstić information content (AvgIpc) is 2.43. The first-order valence-corrected chi connectivity index (χ1v) is 6.35. The van der Waals surface area contributed by atoms with E-state index in [0.29, 0.717) is 6.61 Å². The molecule has 0 saturated carbocycles. The van der Waals surface area contributed by atoms with Crippen LogP contribution < -0.4 is 5.32 Å². The molecule has 0 radical (unpaired) electrons. The molecule has 1 aliphatic heterocycles. The highest BCUT2D eigenvalue weighted by atomic mass is 16.2. The maximum Gasteiger partial charge on any atom is 0.0431 e. The van der Waals surface area contributed by atoms with Crippen LogP contribution in [-0.2, 0) is 0 Å². The lowest BCUT2D eigenvalue weighted by molar-refractivity contribution is 0.282. The molecule has 90 valence electrons. The van der Waals surface area contributed by atoms with Crippen molar-refractivity contribution in [3.8, 4) is 0 Å². The SMILES string of the molecule is CN1CCCC(NCCCCCO)CC1. The van der Waals surface area contributed by atoms with Crippen LogP contribution in [0.25, 0.3) is 0 Å². The Labute approximate surface area is 93.9 Å². The van der Waals surface area contributed by atoms with Gasteiger partial charge >= 0.3 is 0 Å². The van der Waals surface area contributed by atoms with E-state index in [9.17, 15) is 0 Å². The first kappa shape index (κ1) is 12.9. The molecule has 0 aromatic rings. The maximum absolute atomic E-state index is 8.65. The van der Waals surface area contributed by atoms with Gasteiger partial charge in [0.25, 0.3) is 0 Å². The molecule has 1 fully saturated rings. The Bertz CT molecular complexity index is 153. The van der Waals surface area contributed by atoms with E-state index in [1.807, 2.05) is 0 Å². The number of nitrogens with one attached hydrogen (secondary N) is 1. The third-order valence-electron chi connectivity index (χ3n) is 3.22. The molecule has 1 rings (SSSR count). The summed E-state index contributed by atoms with van der Waals surface area (Å²) in [5, 5.41) is 12.3. The van der Waals surface area contributed by atoms with Crippen LogP contribution in [0.3, 0.4) is 0 Å². The lowest BCUT2D eigenvalue weighted by Crippen LogP contribution is -2.31. The van der Waals surface area contributed by atoms with Crippen LogP contribution in [0, 0.1) is 0 Å². The van der Waals surface area contributed by atoms with Gasteiger partial charge in [-0.05, 0) is 65.2 Å². The first-order valence-electron chi connectivity index (χ1n) is 6.35. The van der Waals surface area contributed by atoms with Crippen molar-refractivity contribution in [2.24, 2.45) is 0 Å². The van der Waals surface area contributed by atoms with Crippen molar-refractivity contribution < 1.29 is 5.11 Å². The van der Waals surface area contributed by atoms with Crippen LogP contribution in [-0.4, -0.2) is 49.3 Å². The van der Waals surface area contributed by atoms with Crippen LogP contribution in [0.4, 0.5) is 0 Å². The number of aliphatic hydroxyl groups excluding tert-OH is 1. The maximum atomic E-state index is 8.65. The molecule has 3 nitrogen and oxygen atoms in total. The fourth-order valence-electron chi connectivity index (χ4n) is 2.16. The van der Waals surface area contributed by atoms with Gasteiger partial charge in [0.15, 0.2) is 0 Å².